The van der Waals surface area contributed by atoms with E-state index in [1.165, 1.54) is 6.21 Å². The van der Waals surface area contributed by atoms with Gasteiger partial charge >= 0.3 is 0 Å². The van der Waals surface area contributed by atoms with Gasteiger partial charge in [-0.25, -0.2) is 9.98 Å². The lowest BCUT2D eigenvalue weighted by atomic mass is 9.83. The van der Waals surface area contributed by atoms with Crippen molar-refractivity contribution in [1.82, 2.24) is 4.98 Å². The van der Waals surface area contributed by atoms with Gasteiger partial charge in [-0.2, -0.15) is 0 Å². The smallest absolute Gasteiger partial charge is 0.168 e. The second-order valence-electron chi connectivity index (χ2n) is 5.25. The number of hydrogen-bond donors (Lipinski definition) is 1. The first-order chi connectivity index (χ1) is 10.7. The van der Waals surface area contributed by atoms with E-state index >= 15 is 0 Å². The number of hydrogen-bond acceptors (Lipinski definition) is 4. The molecule has 2 aromatic rings. The largest absolute Gasteiger partial charge is 0.511 e. The van der Waals surface area contributed by atoms with Gasteiger partial charge < -0.3 is 5.11 Å². The van der Waals surface area contributed by atoms with Crippen LogP contribution in [0.3, 0.4) is 0 Å². The number of allylic oxidation sites excluding steroid dienone is 2. The summed E-state index contributed by atoms with van der Waals surface area (Å²) in [5.74, 6) is 0.559. The number of ketones is 1. The number of nitrogens with zero attached hydrogens (tertiary/aromatic N) is 2. The fraction of sp³-hybridized carbons (Fsp3) is 0.167. The summed E-state index contributed by atoms with van der Waals surface area (Å²) < 4.78 is 0. The van der Waals surface area contributed by atoms with Crippen LogP contribution in [0.2, 0.25) is 0 Å². The van der Waals surface area contributed by atoms with Crippen LogP contribution in [0.5, 0.6) is 0 Å². The van der Waals surface area contributed by atoms with Gasteiger partial charge in [0.2, 0.25) is 0 Å². The molecule has 0 saturated heterocycles. The van der Waals surface area contributed by atoms with Crippen LogP contribution < -0.4 is 0 Å². The van der Waals surface area contributed by atoms with Crippen molar-refractivity contribution in [2.45, 2.75) is 18.8 Å². The van der Waals surface area contributed by atoms with Gasteiger partial charge in [-0.1, -0.05) is 36.4 Å². The third-order valence-electron chi connectivity index (χ3n) is 3.73. The summed E-state index contributed by atoms with van der Waals surface area (Å²) >= 11 is 0. The van der Waals surface area contributed by atoms with E-state index in [0.717, 1.165) is 5.56 Å². The molecule has 0 saturated carbocycles. The molecule has 1 aromatic heterocycles. The van der Waals surface area contributed by atoms with Crippen molar-refractivity contribution in [3.8, 4) is 0 Å². The summed E-state index contributed by atoms with van der Waals surface area (Å²) in [5.41, 5.74) is 1.36. The Kier molecular flexibility index (Phi) is 4.10. The van der Waals surface area contributed by atoms with Gasteiger partial charge in [0.15, 0.2) is 11.6 Å². The third kappa shape index (κ3) is 3.11. The first kappa shape index (κ1) is 14.2. The van der Waals surface area contributed by atoms with Crippen molar-refractivity contribution in [3.63, 3.8) is 0 Å². The minimum atomic E-state index is -0.0858. The van der Waals surface area contributed by atoms with E-state index in [-0.39, 0.29) is 23.0 Å². The van der Waals surface area contributed by atoms with Crippen LogP contribution in [-0.4, -0.2) is 22.1 Å². The highest BCUT2D eigenvalue weighted by atomic mass is 16.3. The first-order valence-corrected chi connectivity index (χ1v) is 7.19. The van der Waals surface area contributed by atoms with Gasteiger partial charge in [0.25, 0.3) is 0 Å². The minimum Gasteiger partial charge on any atom is -0.511 e. The lowest BCUT2D eigenvalue weighted by molar-refractivity contribution is -0.116. The van der Waals surface area contributed by atoms with E-state index in [9.17, 15) is 9.90 Å². The van der Waals surface area contributed by atoms with E-state index in [4.69, 9.17) is 0 Å². The number of rotatable bonds is 3. The van der Waals surface area contributed by atoms with Crippen LogP contribution >= 0.6 is 0 Å². The molecule has 0 bridgehead atoms. The Bertz CT molecular complexity index is 721. The summed E-state index contributed by atoms with van der Waals surface area (Å²) in [6, 6.07) is 15.2. The zero-order valence-corrected chi connectivity index (χ0v) is 12.0. The number of benzene rings is 1. The van der Waals surface area contributed by atoms with Crippen LogP contribution in [0.25, 0.3) is 0 Å². The average Bonchev–Trinajstić information content (AvgIpc) is 2.56. The summed E-state index contributed by atoms with van der Waals surface area (Å²) in [6.45, 7) is 0. The minimum absolute atomic E-state index is 0.0284. The molecule has 1 N–H and O–H groups in total. The highest BCUT2D eigenvalue weighted by Crippen LogP contribution is 2.32. The van der Waals surface area contributed by atoms with E-state index in [1.54, 1.807) is 18.3 Å². The predicted molar refractivity (Wildman–Crippen MR) is 85.5 cm³/mol. The standard InChI is InChI=1S/C18H16N2O2/c21-16-10-14(13-6-2-1-3-7-13)11-17(22)15(16)12-20-18-8-4-5-9-19-18/h1-9,12,14,21H,10-11H2/b20-12+. The van der Waals surface area contributed by atoms with Gasteiger partial charge in [-0.15, -0.1) is 0 Å². The Hall–Kier alpha value is -2.75. The van der Waals surface area contributed by atoms with Crippen molar-refractivity contribution in [2.75, 3.05) is 0 Å². The molecule has 1 unspecified atom stereocenters. The average molecular weight is 292 g/mol. The second kappa shape index (κ2) is 6.35. The zero-order chi connectivity index (χ0) is 15.4. The maximum atomic E-state index is 12.3. The van der Waals surface area contributed by atoms with Crippen LogP contribution in [0.1, 0.15) is 24.3 Å². The zero-order valence-electron chi connectivity index (χ0n) is 12.0. The first-order valence-electron chi connectivity index (χ1n) is 7.19. The second-order valence-corrected chi connectivity index (χ2v) is 5.25. The lowest BCUT2D eigenvalue weighted by Crippen LogP contribution is -2.19. The molecular formula is C18H16N2O2. The summed E-state index contributed by atoms with van der Waals surface area (Å²) in [4.78, 5) is 20.5. The van der Waals surface area contributed by atoms with Crippen LogP contribution in [0, 0.1) is 0 Å². The van der Waals surface area contributed by atoms with Crippen LogP contribution in [0.4, 0.5) is 5.82 Å². The number of aliphatic hydroxyl groups excluding tert-OH is 1. The summed E-state index contributed by atoms with van der Waals surface area (Å²) in [5, 5.41) is 10.2. The molecule has 110 valence electrons. The molecular weight excluding hydrogens is 276 g/mol. The molecule has 0 amide bonds. The number of aliphatic imine (C=N–C) groups is 1. The molecule has 3 rings (SSSR count). The molecule has 0 spiro atoms. The monoisotopic (exact) mass is 292 g/mol. The van der Waals surface area contributed by atoms with E-state index in [2.05, 4.69) is 9.98 Å². The molecule has 4 nitrogen and oxygen atoms in total. The lowest BCUT2D eigenvalue weighted by Gasteiger charge is -2.22. The maximum Gasteiger partial charge on any atom is 0.168 e. The number of carbonyl (C=O) groups is 1. The highest BCUT2D eigenvalue weighted by Gasteiger charge is 2.27. The van der Waals surface area contributed by atoms with Crippen molar-refractivity contribution in [1.29, 1.82) is 0 Å². The van der Waals surface area contributed by atoms with Gasteiger partial charge in [0.05, 0.1) is 5.57 Å². The van der Waals surface area contributed by atoms with E-state index in [0.29, 0.717) is 18.7 Å². The van der Waals surface area contributed by atoms with Crippen molar-refractivity contribution < 1.29 is 9.90 Å². The Labute approximate surface area is 128 Å². The fourth-order valence-electron chi connectivity index (χ4n) is 2.58. The number of Topliss-reactive ketones (excluding diaryl/α,β-unsaturated/α-hetero) is 1. The fourth-order valence-corrected chi connectivity index (χ4v) is 2.58. The molecule has 0 fully saturated rings. The SMILES string of the molecule is O=C1CC(c2ccccc2)CC(O)=C1/C=N/c1ccccn1. The molecule has 1 aliphatic rings. The maximum absolute atomic E-state index is 12.3. The third-order valence-corrected chi connectivity index (χ3v) is 3.73. The van der Waals surface area contributed by atoms with Crippen molar-refractivity contribution >= 4 is 17.8 Å². The van der Waals surface area contributed by atoms with Crippen LogP contribution in [0.15, 0.2) is 71.1 Å². The van der Waals surface area contributed by atoms with E-state index < -0.39 is 0 Å². The molecule has 4 heteroatoms. The molecule has 1 atom stereocenters. The number of pyridine rings is 1. The summed E-state index contributed by atoms with van der Waals surface area (Å²) in [6.07, 6.45) is 3.90. The topological polar surface area (TPSA) is 62.5 Å². The van der Waals surface area contributed by atoms with Gasteiger partial charge in [-0.05, 0) is 23.6 Å². The molecule has 0 aliphatic heterocycles. The van der Waals surface area contributed by atoms with E-state index in [1.807, 2.05) is 36.4 Å². The Morgan fingerprint density at radius 3 is 2.55 bits per heavy atom. The number of aromatic nitrogens is 1. The normalized spacial score (nSPS) is 18.9. The number of aliphatic hydroxyl groups is 1. The summed E-state index contributed by atoms with van der Waals surface area (Å²) in [7, 11) is 0. The Morgan fingerprint density at radius 2 is 1.86 bits per heavy atom. The van der Waals surface area contributed by atoms with Crippen molar-refractivity contribution in [3.05, 3.63) is 71.6 Å². The van der Waals surface area contributed by atoms with Gasteiger partial charge in [0, 0.05) is 25.3 Å². The predicted octanol–water partition coefficient (Wildman–Crippen LogP) is 3.74. The quantitative estimate of drug-likeness (QED) is 0.876. The van der Waals surface area contributed by atoms with Gasteiger partial charge in [0.1, 0.15) is 5.76 Å². The molecule has 1 heterocycles. The van der Waals surface area contributed by atoms with Gasteiger partial charge in [-0.3, -0.25) is 4.79 Å². The highest BCUT2D eigenvalue weighted by molar-refractivity contribution is 6.14. The molecule has 1 aromatic carbocycles. The Morgan fingerprint density at radius 1 is 1.09 bits per heavy atom. The van der Waals surface area contributed by atoms with Crippen LogP contribution in [-0.2, 0) is 4.79 Å². The number of carbonyl (C=O) groups excluding carboxylic acids is 1. The molecule has 1 aliphatic carbocycles. The van der Waals surface area contributed by atoms with Crippen molar-refractivity contribution in [2.24, 2.45) is 4.99 Å². The molecule has 22 heavy (non-hydrogen) atoms. The Balaban J connectivity index is 1.81. The molecule has 0 radical (unpaired) electrons.